The monoisotopic (exact) mass is 340 g/mol. The Morgan fingerprint density at radius 2 is 2.32 bits per heavy atom. The average molecular weight is 341 g/mol. The third-order valence-electron chi connectivity index (χ3n) is 2.57. The summed E-state index contributed by atoms with van der Waals surface area (Å²) in [5.74, 6) is -0.866. The average Bonchev–Trinajstić information content (AvgIpc) is 2.78. The lowest BCUT2D eigenvalue weighted by molar-refractivity contribution is -0.136. The molecule has 1 aromatic heterocycles. The molecule has 0 amide bonds. The van der Waals surface area contributed by atoms with Gasteiger partial charge < -0.3 is 10.4 Å². The molecule has 0 fully saturated rings. The molecule has 100 valence electrons. The Bertz CT molecular complexity index is 598. The van der Waals surface area contributed by atoms with Gasteiger partial charge in [0.1, 0.15) is 0 Å². The highest BCUT2D eigenvalue weighted by Gasteiger charge is 2.08. The molecule has 19 heavy (non-hydrogen) atoms. The lowest BCUT2D eigenvalue weighted by Crippen LogP contribution is -2.00. The first-order valence-corrected chi connectivity index (χ1v) is 7.47. The van der Waals surface area contributed by atoms with Gasteiger partial charge in [0.05, 0.1) is 12.1 Å². The van der Waals surface area contributed by atoms with E-state index < -0.39 is 5.97 Å². The zero-order chi connectivity index (χ0) is 13.8. The Labute approximate surface area is 123 Å². The maximum Gasteiger partial charge on any atom is 0.309 e. The molecule has 0 bridgehead atoms. The molecule has 0 saturated heterocycles. The van der Waals surface area contributed by atoms with Crippen LogP contribution in [-0.2, 0) is 17.6 Å². The Balaban J connectivity index is 2.16. The minimum atomic E-state index is -0.866. The summed E-state index contributed by atoms with van der Waals surface area (Å²) in [5.41, 5.74) is 2.77. The first kappa shape index (κ1) is 14.0. The molecular weight excluding hydrogens is 328 g/mol. The van der Waals surface area contributed by atoms with E-state index in [4.69, 9.17) is 5.11 Å². The number of anilines is 2. The summed E-state index contributed by atoms with van der Waals surface area (Å²) >= 11 is 4.86. The van der Waals surface area contributed by atoms with Crippen molar-refractivity contribution in [1.29, 1.82) is 0 Å². The van der Waals surface area contributed by atoms with Crippen LogP contribution in [0.5, 0.6) is 0 Å². The number of rotatable bonds is 5. The van der Waals surface area contributed by atoms with Crippen LogP contribution in [0.2, 0.25) is 0 Å². The van der Waals surface area contributed by atoms with Gasteiger partial charge in [-0.2, -0.15) is 0 Å². The molecule has 0 saturated carbocycles. The van der Waals surface area contributed by atoms with E-state index in [-0.39, 0.29) is 6.42 Å². The Hall–Kier alpha value is -1.40. The second kappa shape index (κ2) is 6.16. The van der Waals surface area contributed by atoms with Gasteiger partial charge >= 0.3 is 5.97 Å². The van der Waals surface area contributed by atoms with Crippen LogP contribution in [0.15, 0.2) is 28.1 Å². The number of carboxylic acids is 1. The van der Waals surface area contributed by atoms with Crippen molar-refractivity contribution in [3.63, 3.8) is 0 Å². The second-order valence-electron chi connectivity index (χ2n) is 3.99. The van der Waals surface area contributed by atoms with Crippen molar-refractivity contribution in [2.75, 3.05) is 5.32 Å². The number of aliphatic carboxylic acids is 1. The number of carboxylic acid groups (broad SMARTS) is 1. The highest BCUT2D eigenvalue weighted by molar-refractivity contribution is 9.10. The Morgan fingerprint density at radius 3 is 3.00 bits per heavy atom. The van der Waals surface area contributed by atoms with Crippen molar-refractivity contribution in [2.45, 2.75) is 19.8 Å². The molecule has 0 unspecified atom stereocenters. The number of aromatic nitrogens is 1. The van der Waals surface area contributed by atoms with Gasteiger partial charge in [0.25, 0.3) is 0 Å². The molecule has 0 atom stereocenters. The number of benzene rings is 1. The van der Waals surface area contributed by atoms with Gasteiger partial charge in [0.2, 0.25) is 0 Å². The van der Waals surface area contributed by atoms with E-state index in [1.54, 1.807) is 5.38 Å². The van der Waals surface area contributed by atoms with E-state index in [0.29, 0.717) is 10.8 Å². The predicted octanol–water partition coefficient (Wildman–Crippen LogP) is 3.84. The van der Waals surface area contributed by atoms with Gasteiger partial charge in [-0.05, 0) is 30.2 Å². The van der Waals surface area contributed by atoms with Crippen LogP contribution in [0.3, 0.4) is 0 Å². The third kappa shape index (κ3) is 3.78. The van der Waals surface area contributed by atoms with Crippen LogP contribution in [0, 0.1) is 0 Å². The summed E-state index contributed by atoms with van der Waals surface area (Å²) in [7, 11) is 0. The zero-order valence-electron chi connectivity index (χ0n) is 10.3. The standard InChI is InChI=1S/C13H13BrN2O2S/c1-2-8-5-9(14)3-4-11(8)16-13-15-10(7-19-13)6-12(17)18/h3-5,7H,2,6H2,1H3,(H,15,16)(H,17,18). The van der Waals surface area contributed by atoms with Crippen LogP contribution in [0.1, 0.15) is 18.2 Å². The van der Waals surface area contributed by atoms with Crippen molar-refractivity contribution < 1.29 is 9.90 Å². The number of carbonyl (C=O) groups is 1. The maximum atomic E-state index is 10.6. The highest BCUT2D eigenvalue weighted by atomic mass is 79.9. The van der Waals surface area contributed by atoms with Gasteiger partial charge in [0, 0.05) is 15.5 Å². The second-order valence-corrected chi connectivity index (χ2v) is 5.77. The van der Waals surface area contributed by atoms with Crippen LogP contribution in [0.25, 0.3) is 0 Å². The first-order chi connectivity index (χ1) is 9.08. The van der Waals surface area contributed by atoms with E-state index in [1.165, 1.54) is 16.9 Å². The van der Waals surface area contributed by atoms with Crippen molar-refractivity contribution in [2.24, 2.45) is 0 Å². The van der Waals surface area contributed by atoms with Gasteiger partial charge in [-0.25, -0.2) is 4.98 Å². The van der Waals surface area contributed by atoms with Gasteiger partial charge in [-0.1, -0.05) is 22.9 Å². The van der Waals surface area contributed by atoms with Crippen LogP contribution in [-0.4, -0.2) is 16.1 Å². The van der Waals surface area contributed by atoms with Crippen molar-refractivity contribution >= 4 is 44.1 Å². The topological polar surface area (TPSA) is 62.2 Å². The number of nitrogens with one attached hydrogen (secondary N) is 1. The van der Waals surface area contributed by atoms with Gasteiger partial charge in [-0.15, -0.1) is 11.3 Å². The molecule has 0 aliphatic heterocycles. The Morgan fingerprint density at radius 1 is 1.53 bits per heavy atom. The van der Waals surface area contributed by atoms with Crippen LogP contribution >= 0.6 is 27.3 Å². The molecule has 2 rings (SSSR count). The fourth-order valence-electron chi connectivity index (χ4n) is 1.69. The summed E-state index contributed by atoms with van der Waals surface area (Å²) < 4.78 is 1.04. The van der Waals surface area contributed by atoms with Crippen LogP contribution < -0.4 is 5.32 Å². The zero-order valence-corrected chi connectivity index (χ0v) is 12.7. The molecule has 1 aromatic carbocycles. The lowest BCUT2D eigenvalue weighted by atomic mass is 10.1. The highest BCUT2D eigenvalue weighted by Crippen LogP contribution is 2.26. The molecule has 0 aliphatic rings. The molecule has 0 aliphatic carbocycles. The molecule has 6 heteroatoms. The number of hydrogen-bond acceptors (Lipinski definition) is 4. The quantitative estimate of drug-likeness (QED) is 0.867. The molecular formula is C13H13BrN2O2S. The predicted molar refractivity (Wildman–Crippen MR) is 80.3 cm³/mol. The number of halogens is 1. The summed E-state index contributed by atoms with van der Waals surface area (Å²) in [5, 5.41) is 14.4. The lowest BCUT2D eigenvalue weighted by Gasteiger charge is -2.08. The molecule has 2 aromatic rings. The molecule has 2 N–H and O–H groups in total. The van der Waals surface area contributed by atoms with E-state index in [1.807, 2.05) is 12.1 Å². The fourth-order valence-corrected chi connectivity index (χ4v) is 2.82. The van der Waals surface area contributed by atoms with E-state index >= 15 is 0 Å². The summed E-state index contributed by atoms with van der Waals surface area (Å²) in [6, 6.07) is 6.02. The normalized spacial score (nSPS) is 10.4. The van der Waals surface area contributed by atoms with Gasteiger partial charge in [-0.3, -0.25) is 4.79 Å². The number of hydrogen-bond donors (Lipinski definition) is 2. The Kier molecular flexibility index (Phi) is 4.55. The van der Waals surface area contributed by atoms with Crippen molar-refractivity contribution in [3.05, 3.63) is 39.3 Å². The van der Waals surface area contributed by atoms with E-state index in [2.05, 4.69) is 39.2 Å². The van der Waals surface area contributed by atoms with Crippen molar-refractivity contribution in [1.82, 2.24) is 4.98 Å². The third-order valence-corrected chi connectivity index (χ3v) is 3.87. The smallest absolute Gasteiger partial charge is 0.309 e. The largest absolute Gasteiger partial charge is 0.481 e. The summed E-state index contributed by atoms with van der Waals surface area (Å²) in [6.45, 7) is 2.09. The number of thiazole rings is 1. The number of nitrogens with zero attached hydrogens (tertiary/aromatic N) is 1. The maximum absolute atomic E-state index is 10.6. The minimum Gasteiger partial charge on any atom is -0.481 e. The number of aryl methyl sites for hydroxylation is 1. The SMILES string of the molecule is CCc1cc(Br)ccc1Nc1nc(CC(=O)O)cs1. The van der Waals surface area contributed by atoms with Crippen LogP contribution in [0.4, 0.5) is 10.8 Å². The van der Waals surface area contributed by atoms with Crippen molar-refractivity contribution in [3.8, 4) is 0 Å². The summed E-state index contributed by atoms with van der Waals surface area (Å²) in [4.78, 5) is 14.9. The molecule has 0 radical (unpaired) electrons. The molecule has 1 heterocycles. The van der Waals surface area contributed by atoms with E-state index in [9.17, 15) is 4.79 Å². The molecule has 4 nitrogen and oxygen atoms in total. The first-order valence-electron chi connectivity index (χ1n) is 5.80. The summed E-state index contributed by atoms with van der Waals surface area (Å²) in [6.07, 6.45) is 0.869. The van der Waals surface area contributed by atoms with Gasteiger partial charge in [0.15, 0.2) is 5.13 Å². The fraction of sp³-hybridized carbons (Fsp3) is 0.231. The molecule has 0 spiro atoms. The minimum absolute atomic E-state index is 0.0425. The van der Waals surface area contributed by atoms with E-state index in [0.717, 1.165) is 16.6 Å².